The predicted octanol–water partition coefficient (Wildman–Crippen LogP) is 4.78. The molecule has 0 aliphatic rings. The lowest BCUT2D eigenvalue weighted by Crippen LogP contribution is -2.13. The molecule has 0 saturated heterocycles. The number of hydrogen-bond acceptors (Lipinski definition) is 1. The Balaban J connectivity index is 2.13. The van der Waals surface area contributed by atoms with Gasteiger partial charge in [-0.05, 0) is 52.2 Å². The molecule has 0 heterocycles. The van der Waals surface area contributed by atoms with Crippen molar-refractivity contribution in [2.24, 2.45) is 0 Å². The quantitative estimate of drug-likeness (QED) is 0.735. The molecule has 0 radical (unpaired) electrons. The van der Waals surface area contributed by atoms with Gasteiger partial charge in [0.2, 0.25) is 0 Å². The average molecular weight is 401 g/mol. The summed E-state index contributed by atoms with van der Waals surface area (Å²) in [5.41, 5.74) is 2.14. The molecule has 0 aromatic heterocycles. The van der Waals surface area contributed by atoms with Crippen LogP contribution in [-0.4, -0.2) is 11.2 Å². The highest BCUT2D eigenvalue weighted by atomic mass is 79.9. The maximum Gasteiger partial charge on any atom is 0.256 e. The summed E-state index contributed by atoms with van der Waals surface area (Å²) in [6.07, 6.45) is 0.934. The van der Waals surface area contributed by atoms with Gasteiger partial charge in [-0.3, -0.25) is 4.79 Å². The van der Waals surface area contributed by atoms with E-state index in [1.54, 1.807) is 6.07 Å². The van der Waals surface area contributed by atoms with E-state index >= 15 is 0 Å². The van der Waals surface area contributed by atoms with Crippen molar-refractivity contribution in [1.29, 1.82) is 0 Å². The largest absolute Gasteiger partial charge is 0.322 e. The summed E-state index contributed by atoms with van der Waals surface area (Å²) in [6, 6.07) is 12.0. The molecule has 0 aliphatic carbocycles. The Labute approximate surface area is 133 Å². The standard InChI is InChI=1S/C15H12Br2FNO/c16-9-8-10-4-6-11(7-5-10)19-15(20)12-2-1-3-13(18)14(12)17/h1-7H,8-9H2,(H,19,20). The van der Waals surface area contributed by atoms with Crippen molar-refractivity contribution in [2.75, 3.05) is 10.6 Å². The predicted molar refractivity (Wildman–Crippen MR) is 86.0 cm³/mol. The molecule has 2 aromatic rings. The van der Waals surface area contributed by atoms with Gasteiger partial charge in [-0.25, -0.2) is 4.39 Å². The lowest BCUT2D eigenvalue weighted by Gasteiger charge is -2.08. The van der Waals surface area contributed by atoms with Gasteiger partial charge in [0.05, 0.1) is 10.0 Å². The maximum atomic E-state index is 13.4. The number of anilines is 1. The van der Waals surface area contributed by atoms with Crippen LogP contribution in [0.5, 0.6) is 0 Å². The SMILES string of the molecule is O=C(Nc1ccc(CCBr)cc1)c1cccc(F)c1Br. The molecule has 5 heteroatoms. The van der Waals surface area contributed by atoms with Crippen LogP contribution in [0.15, 0.2) is 46.9 Å². The van der Waals surface area contributed by atoms with Gasteiger partial charge in [-0.15, -0.1) is 0 Å². The molecule has 104 valence electrons. The first-order valence-corrected chi connectivity index (χ1v) is 7.93. The van der Waals surface area contributed by atoms with Crippen LogP contribution in [0.25, 0.3) is 0 Å². The summed E-state index contributed by atoms with van der Waals surface area (Å²) in [6.45, 7) is 0. The number of amides is 1. The van der Waals surface area contributed by atoms with E-state index in [2.05, 4.69) is 37.2 Å². The number of carbonyl (C=O) groups excluding carboxylic acids is 1. The first-order valence-electron chi connectivity index (χ1n) is 6.02. The minimum Gasteiger partial charge on any atom is -0.322 e. The summed E-state index contributed by atoms with van der Waals surface area (Å²) in [4.78, 5) is 12.1. The van der Waals surface area contributed by atoms with Gasteiger partial charge in [-0.1, -0.05) is 34.1 Å². The summed E-state index contributed by atoms with van der Waals surface area (Å²) < 4.78 is 13.6. The minimum absolute atomic E-state index is 0.174. The number of hydrogen-bond donors (Lipinski definition) is 1. The summed E-state index contributed by atoms with van der Waals surface area (Å²) in [5, 5.41) is 3.65. The van der Waals surface area contributed by atoms with Crippen molar-refractivity contribution in [2.45, 2.75) is 6.42 Å². The zero-order chi connectivity index (χ0) is 14.5. The maximum absolute atomic E-state index is 13.4. The van der Waals surface area contributed by atoms with E-state index in [4.69, 9.17) is 0 Å². The molecular weight excluding hydrogens is 389 g/mol. The van der Waals surface area contributed by atoms with E-state index in [1.807, 2.05) is 24.3 Å². The van der Waals surface area contributed by atoms with Crippen molar-refractivity contribution in [3.05, 3.63) is 63.9 Å². The molecule has 0 spiro atoms. The molecule has 0 fully saturated rings. The Morgan fingerprint density at radius 2 is 1.85 bits per heavy atom. The smallest absolute Gasteiger partial charge is 0.256 e. The van der Waals surface area contributed by atoms with Crippen molar-refractivity contribution >= 4 is 43.5 Å². The third-order valence-electron chi connectivity index (χ3n) is 2.79. The lowest BCUT2D eigenvalue weighted by atomic mass is 10.1. The Kier molecular flexibility index (Phi) is 5.31. The summed E-state index contributed by atoms with van der Waals surface area (Å²) >= 11 is 6.46. The van der Waals surface area contributed by atoms with Gasteiger partial charge < -0.3 is 5.32 Å². The molecule has 0 aliphatic heterocycles. The molecule has 0 bridgehead atoms. The number of aryl methyl sites for hydroxylation is 1. The molecule has 2 aromatic carbocycles. The summed E-state index contributed by atoms with van der Waals surface area (Å²) in [7, 11) is 0. The van der Waals surface area contributed by atoms with Gasteiger partial charge in [0.25, 0.3) is 5.91 Å². The number of nitrogens with one attached hydrogen (secondary N) is 1. The van der Waals surface area contributed by atoms with Crippen molar-refractivity contribution in [3.8, 4) is 0 Å². The van der Waals surface area contributed by atoms with E-state index in [9.17, 15) is 9.18 Å². The number of halogens is 3. The molecule has 0 unspecified atom stereocenters. The fourth-order valence-corrected chi connectivity index (χ4v) is 2.64. The number of alkyl halides is 1. The Hall–Kier alpha value is -1.20. The van der Waals surface area contributed by atoms with Gasteiger partial charge in [0.15, 0.2) is 0 Å². The first kappa shape index (κ1) is 15.2. The average Bonchev–Trinajstić information content (AvgIpc) is 2.44. The second-order valence-electron chi connectivity index (χ2n) is 4.19. The molecule has 2 rings (SSSR count). The Morgan fingerprint density at radius 1 is 1.15 bits per heavy atom. The third-order valence-corrected chi connectivity index (χ3v) is 3.99. The highest BCUT2D eigenvalue weighted by Gasteiger charge is 2.13. The van der Waals surface area contributed by atoms with Crippen molar-refractivity contribution < 1.29 is 9.18 Å². The van der Waals surface area contributed by atoms with E-state index in [0.717, 1.165) is 11.8 Å². The van der Waals surface area contributed by atoms with E-state index in [1.165, 1.54) is 17.7 Å². The van der Waals surface area contributed by atoms with Gasteiger partial charge >= 0.3 is 0 Å². The molecule has 20 heavy (non-hydrogen) atoms. The number of benzene rings is 2. The van der Waals surface area contributed by atoms with E-state index in [-0.39, 0.29) is 15.9 Å². The second-order valence-corrected chi connectivity index (χ2v) is 5.78. The van der Waals surface area contributed by atoms with Crippen LogP contribution >= 0.6 is 31.9 Å². The third kappa shape index (κ3) is 3.67. The fourth-order valence-electron chi connectivity index (χ4n) is 1.74. The van der Waals surface area contributed by atoms with Crippen molar-refractivity contribution in [1.82, 2.24) is 0 Å². The van der Waals surface area contributed by atoms with Crippen molar-refractivity contribution in [3.63, 3.8) is 0 Å². The monoisotopic (exact) mass is 399 g/mol. The topological polar surface area (TPSA) is 29.1 Å². The molecule has 1 N–H and O–H groups in total. The van der Waals surface area contributed by atoms with E-state index < -0.39 is 5.82 Å². The molecule has 0 saturated carbocycles. The molecule has 2 nitrogen and oxygen atoms in total. The van der Waals surface area contributed by atoms with Gasteiger partial charge in [0, 0.05) is 11.0 Å². The van der Waals surface area contributed by atoms with Crippen LogP contribution < -0.4 is 5.32 Å². The van der Waals surface area contributed by atoms with Gasteiger partial charge in [-0.2, -0.15) is 0 Å². The molecule has 1 amide bonds. The van der Waals surface area contributed by atoms with Crippen LogP contribution in [-0.2, 0) is 6.42 Å². The first-order chi connectivity index (χ1) is 9.61. The van der Waals surface area contributed by atoms with Crippen LogP contribution in [0.2, 0.25) is 0 Å². The van der Waals surface area contributed by atoms with Gasteiger partial charge in [0.1, 0.15) is 5.82 Å². The van der Waals surface area contributed by atoms with Crippen LogP contribution in [0.3, 0.4) is 0 Å². The highest BCUT2D eigenvalue weighted by Crippen LogP contribution is 2.21. The minimum atomic E-state index is -0.453. The number of rotatable bonds is 4. The van der Waals surface area contributed by atoms with Crippen LogP contribution in [0.1, 0.15) is 15.9 Å². The number of carbonyl (C=O) groups is 1. The summed E-state index contributed by atoms with van der Waals surface area (Å²) in [5.74, 6) is -0.796. The zero-order valence-electron chi connectivity index (χ0n) is 10.5. The lowest BCUT2D eigenvalue weighted by molar-refractivity contribution is 0.102. The highest BCUT2D eigenvalue weighted by molar-refractivity contribution is 9.10. The normalized spacial score (nSPS) is 10.3. The van der Waals surface area contributed by atoms with E-state index in [0.29, 0.717) is 5.69 Å². The second kappa shape index (κ2) is 6.99. The van der Waals surface area contributed by atoms with Crippen LogP contribution in [0, 0.1) is 5.82 Å². The Morgan fingerprint density at radius 3 is 2.50 bits per heavy atom. The molecular formula is C15H12Br2FNO. The van der Waals surface area contributed by atoms with Crippen LogP contribution in [0.4, 0.5) is 10.1 Å². The zero-order valence-corrected chi connectivity index (χ0v) is 13.7. The Bertz CT molecular complexity index is 614. The molecule has 0 atom stereocenters. The fraction of sp³-hybridized carbons (Fsp3) is 0.133.